The van der Waals surface area contributed by atoms with Crippen molar-refractivity contribution in [2.45, 2.75) is 6.92 Å². The highest BCUT2D eigenvalue weighted by atomic mass is 16.5. The molecule has 0 saturated carbocycles. The second-order valence-corrected chi connectivity index (χ2v) is 4.53. The molecular formula is C17H18O3. The first-order valence-corrected chi connectivity index (χ1v) is 6.53. The van der Waals surface area contributed by atoms with E-state index < -0.39 is 0 Å². The van der Waals surface area contributed by atoms with Gasteiger partial charge in [-0.25, -0.2) is 0 Å². The Labute approximate surface area is 119 Å². The number of hydrogen-bond donors (Lipinski definition) is 0. The summed E-state index contributed by atoms with van der Waals surface area (Å²) in [4.78, 5) is 10.8. The van der Waals surface area contributed by atoms with E-state index in [1.54, 1.807) is 7.11 Å². The molecule has 20 heavy (non-hydrogen) atoms. The van der Waals surface area contributed by atoms with Gasteiger partial charge in [0.1, 0.15) is 18.6 Å². The predicted octanol–water partition coefficient (Wildman–Crippen LogP) is 3.50. The molecule has 104 valence electrons. The van der Waals surface area contributed by atoms with E-state index in [4.69, 9.17) is 9.47 Å². The average molecular weight is 270 g/mol. The van der Waals surface area contributed by atoms with Gasteiger partial charge in [-0.2, -0.15) is 0 Å². The van der Waals surface area contributed by atoms with E-state index in [0.29, 0.717) is 18.8 Å². The fourth-order valence-electron chi connectivity index (χ4n) is 2.11. The van der Waals surface area contributed by atoms with Gasteiger partial charge in [-0.15, -0.1) is 0 Å². The fraction of sp³-hybridized carbons (Fsp3) is 0.235. The first kappa shape index (κ1) is 14.3. The van der Waals surface area contributed by atoms with Gasteiger partial charge in [0.15, 0.2) is 0 Å². The summed E-state index contributed by atoms with van der Waals surface area (Å²) < 4.78 is 10.7. The molecule has 0 saturated heterocycles. The molecule has 0 atom stereocenters. The Morgan fingerprint density at radius 2 is 1.85 bits per heavy atom. The highest BCUT2D eigenvalue weighted by Gasteiger charge is 2.08. The Kier molecular flexibility index (Phi) is 4.91. The third kappa shape index (κ3) is 3.25. The number of ether oxygens (including phenoxy) is 2. The minimum absolute atomic E-state index is 0.513. The first-order valence-electron chi connectivity index (χ1n) is 6.53. The Morgan fingerprint density at radius 1 is 1.05 bits per heavy atom. The van der Waals surface area contributed by atoms with Crippen LogP contribution < -0.4 is 4.74 Å². The molecule has 0 aliphatic rings. The molecule has 2 rings (SSSR count). The van der Waals surface area contributed by atoms with E-state index in [-0.39, 0.29) is 0 Å². The summed E-state index contributed by atoms with van der Waals surface area (Å²) in [5, 5.41) is 0. The van der Waals surface area contributed by atoms with Crippen LogP contribution in [0.5, 0.6) is 5.75 Å². The van der Waals surface area contributed by atoms with Gasteiger partial charge in [-0.3, -0.25) is 4.79 Å². The Bertz CT molecular complexity index is 591. The van der Waals surface area contributed by atoms with Gasteiger partial charge in [-0.1, -0.05) is 30.3 Å². The molecule has 0 radical (unpaired) electrons. The third-order valence-electron chi connectivity index (χ3n) is 3.11. The normalized spacial score (nSPS) is 10.3. The van der Waals surface area contributed by atoms with Gasteiger partial charge in [-0.05, 0) is 30.2 Å². The zero-order valence-electron chi connectivity index (χ0n) is 11.8. The van der Waals surface area contributed by atoms with Gasteiger partial charge >= 0.3 is 0 Å². The van der Waals surface area contributed by atoms with Crippen LogP contribution in [0.15, 0.2) is 42.5 Å². The van der Waals surface area contributed by atoms with Crippen molar-refractivity contribution in [1.82, 2.24) is 0 Å². The smallest absolute Gasteiger partial charge is 0.150 e. The lowest BCUT2D eigenvalue weighted by molar-refractivity contribution is 0.112. The second kappa shape index (κ2) is 6.87. The SMILES string of the molecule is COCCOc1ccccc1-c1ccc(C=O)cc1C. The van der Waals surface area contributed by atoms with Crippen LogP contribution in [0, 0.1) is 6.92 Å². The molecule has 2 aromatic rings. The van der Waals surface area contributed by atoms with Crippen LogP contribution in [0.25, 0.3) is 11.1 Å². The summed E-state index contributed by atoms with van der Waals surface area (Å²) in [6.45, 7) is 3.06. The number of hydrogen-bond acceptors (Lipinski definition) is 3. The molecule has 0 amide bonds. The quantitative estimate of drug-likeness (QED) is 0.595. The summed E-state index contributed by atoms with van der Waals surface area (Å²) in [7, 11) is 1.65. The minimum atomic E-state index is 0.513. The summed E-state index contributed by atoms with van der Waals surface area (Å²) in [6.07, 6.45) is 0.859. The molecule has 0 heterocycles. The molecule has 0 bridgehead atoms. The summed E-state index contributed by atoms with van der Waals surface area (Å²) in [5.41, 5.74) is 3.84. The van der Waals surface area contributed by atoms with Gasteiger partial charge in [0.2, 0.25) is 0 Å². The van der Waals surface area contributed by atoms with Gasteiger partial charge < -0.3 is 9.47 Å². The number of methoxy groups -OCH3 is 1. The van der Waals surface area contributed by atoms with Crippen molar-refractivity contribution >= 4 is 6.29 Å². The van der Waals surface area contributed by atoms with Crippen molar-refractivity contribution in [3.8, 4) is 16.9 Å². The van der Waals surface area contributed by atoms with E-state index in [9.17, 15) is 4.79 Å². The number of benzene rings is 2. The Balaban J connectivity index is 2.34. The lowest BCUT2D eigenvalue weighted by Crippen LogP contribution is -2.05. The molecular weight excluding hydrogens is 252 g/mol. The largest absolute Gasteiger partial charge is 0.491 e. The fourth-order valence-corrected chi connectivity index (χ4v) is 2.11. The Morgan fingerprint density at radius 3 is 2.55 bits per heavy atom. The van der Waals surface area contributed by atoms with Crippen molar-refractivity contribution in [3.63, 3.8) is 0 Å². The van der Waals surface area contributed by atoms with Crippen molar-refractivity contribution < 1.29 is 14.3 Å². The number of carbonyl (C=O) groups excluding carboxylic acids is 1. The average Bonchev–Trinajstić information content (AvgIpc) is 2.48. The van der Waals surface area contributed by atoms with Crippen LogP contribution in [-0.2, 0) is 4.74 Å². The van der Waals surface area contributed by atoms with Crippen LogP contribution in [0.4, 0.5) is 0 Å². The molecule has 0 N–H and O–H groups in total. The maximum absolute atomic E-state index is 10.8. The van der Waals surface area contributed by atoms with Gasteiger partial charge in [0.25, 0.3) is 0 Å². The molecule has 0 aromatic heterocycles. The number of carbonyl (C=O) groups is 1. The van der Waals surface area contributed by atoms with Gasteiger partial charge in [0.05, 0.1) is 6.61 Å². The number of aldehydes is 1. The van der Waals surface area contributed by atoms with E-state index in [1.165, 1.54) is 0 Å². The summed E-state index contributed by atoms with van der Waals surface area (Å²) in [6, 6.07) is 13.5. The van der Waals surface area contributed by atoms with Crippen LogP contribution in [0.1, 0.15) is 15.9 Å². The number of aryl methyl sites for hydroxylation is 1. The molecule has 0 spiro atoms. The van der Waals surface area contributed by atoms with Crippen LogP contribution in [0.3, 0.4) is 0 Å². The first-order chi connectivity index (χ1) is 9.76. The van der Waals surface area contributed by atoms with Gasteiger partial charge in [0, 0.05) is 18.2 Å². The van der Waals surface area contributed by atoms with Crippen molar-refractivity contribution in [2.24, 2.45) is 0 Å². The van der Waals surface area contributed by atoms with Crippen LogP contribution >= 0.6 is 0 Å². The Hall–Kier alpha value is -2.13. The number of rotatable bonds is 6. The molecule has 3 heteroatoms. The van der Waals surface area contributed by atoms with E-state index in [1.807, 2.05) is 49.4 Å². The molecule has 0 fully saturated rings. The molecule has 0 unspecified atom stereocenters. The maximum Gasteiger partial charge on any atom is 0.150 e. The van der Waals surface area contributed by atoms with Crippen molar-refractivity contribution in [3.05, 3.63) is 53.6 Å². The second-order valence-electron chi connectivity index (χ2n) is 4.53. The monoisotopic (exact) mass is 270 g/mol. The lowest BCUT2D eigenvalue weighted by Gasteiger charge is -2.13. The standard InChI is InChI=1S/C17H18O3/c1-13-11-14(12-18)7-8-15(13)16-5-3-4-6-17(16)20-10-9-19-2/h3-8,11-12H,9-10H2,1-2H3. The van der Waals surface area contributed by atoms with E-state index in [0.717, 1.165) is 28.7 Å². The third-order valence-corrected chi connectivity index (χ3v) is 3.11. The topological polar surface area (TPSA) is 35.5 Å². The zero-order chi connectivity index (χ0) is 14.4. The molecule has 0 aliphatic heterocycles. The van der Waals surface area contributed by atoms with Crippen molar-refractivity contribution in [2.75, 3.05) is 20.3 Å². The van der Waals surface area contributed by atoms with Crippen LogP contribution in [-0.4, -0.2) is 26.6 Å². The van der Waals surface area contributed by atoms with Crippen LogP contribution in [0.2, 0.25) is 0 Å². The lowest BCUT2D eigenvalue weighted by atomic mass is 9.98. The molecule has 2 aromatic carbocycles. The number of para-hydroxylation sites is 1. The van der Waals surface area contributed by atoms with Crippen molar-refractivity contribution in [1.29, 1.82) is 0 Å². The summed E-state index contributed by atoms with van der Waals surface area (Å²) >= 11 is 0. The maximum atomic E-state index is 10.8. The molecule has 3 nitrogen and oxygen atoms in total. The predicted molar refractivity (Wildman–Crippen MR) is 79.4 cm³/mol. The summed E-state index contributed by atoms with van der Waals surface area (Å²) in [5.74, 6) is 0.825. The zero-order valence-corrected chi connectivity index (χ0v) is 11.8. The highest BCUT2D eigenvalue weighted by molar-refractivity contribution is 5.80. The van der Waals surface area contributed by atoms with E-state index >= 15 is 0 Å². The van der Waals surface area contributed by atoms with E-state index in [2.05, 4.69) is 0 Å². The minimum Gasteiger partial charge on any atom is -0.491 e. The molecule has 0 aliphatic carbocycles. The highest BCUT2D eigenvalue weighted by Crippen LogP contribution is 2.32.